The molecule has 0 saturated heterocycles. The Balaban J connectivity index is 1.72. The average Bonchev–Trinajstić information content (AvgIpc) is 3.09. The average molecular weight is 282 g/mol. The molecule has 1 aromatic heterocycles. The minimum atomic E-state index is 0.185. The van der Waals surface area contributed by atoms with E-state index in [-0.39, 0.29) is 5.54 Å². The van der Waals surface area contributed by atoms with Crippen LogP contribution in [0.5, 0.6) is 0 Å². The monoisotopic (exact) mass is 282 g/mol. The van der Waals surface area contributed by atoms with Crippen molar-refractivity contribution in [1.82, 2.24) is 5.32 Å². The summed E-state index contributed by atoms with van der Waals surface area (Å²) in [5.74, 6) is 1.10. The van der Waals surface area contributed by atoms with E-state index in [1.54, 1.807) is 16.9 Å². The standard InChI is InChI=1S/C17H18N2S/c1-12-18-11-17(19-12)7-5-16-13(9-17)3-2-4-15(16)14-6-8-20-10-14/h2-4,6,8,10H,5,7,9,11H2,1H3,(H,18,19)/t17-/m0/s1. The number of rotatable bonds is 1. The van der Waals surface area contributed by atoms with Gasteiger partial charge in [0, 0.05) is 0 Å². The molecule has 0 radical (unpaired) electrons. The molecule has 1 spiro atoms. The van der Waals surface area contributed by atoms with Crippen molar-refractivity contribution in [3.8, 4) is 11.1 Å². The van der Waals surface area contributed by atoms with E-state index in [0.29, 0.717) is 0 Å². The van der Waals surface area contributed by atoms with Crippen LogP contribution >= 0.6 is 11.3 Å². The van der Waals surface area contributed by atoms with E-state index >= 15 is 0 Å². The van der Waals surface area contributed by atoms with Crippen LogP contribution in [0.3, 0.4) is 0 Å². The second kappa shape index (κ2) is 4.45. The van der Waals surface area contributed by atoms with Crippen molar-refractivity contribution in [2.45, 2.75) is 31.7 Å². The number of nitrogens with one attached hydrogen (secondary N) is 1. The van der Waals surface area contributed by atoms with E-state index in [1.165, 1.54) is 23.1 Å². The number of nitrogens with zero attached hydrogens (tertiary/aromatic N) is 1. The van der Waals surface area contributed by atoms with E-state index in [2.05, 4.69) is 52.3 Å². The number of amidine groups is 1. The first-order valence-electron chi connectivity index (χ1n) is 7.18. The van der Waals surface area contributed by atoms with Gasteiger partial charge in [-0.25, -0.2) is 0 Å². The third-order valence-corrected chi connectivity index (χ3v) is 5.24. The zero-order valence-electron chi connectivity index (χ0n) is 11.6. The first-order chi connectivity index (χ1) is 9.76. The molecule has 1 aromatic carbocycles. The van der Waals surface area contributed by atoms with Gasteiger partial charge in [-0.2, -0.15) is 11.3 Å². The number of aliphatic imine (C=N–C) groups is 1. The molecule has 0 fully saturated rings. The first-order valence-corrected chi connectivity index (χ1v) is 8.13. The largest absolute Gasteiger partial charge is 0.366 e. The molecule has 1 atom stereocenters. The molecule has 1 N–H and O–H groups in total. The molecule has 2 aromatic rings. The van der Waals surface area contributed by atoms with Gasteiger partial charge in [-0.3, -0.25) is 4.99 Å². The van der Waals surface area contributed by atoms with Gasteiger partial charge in [0.2, 0.25) is 0 Å². The molecular weight excluding hydrogens is 264 g/mol. The molecule has 0 amide bonds. The Kier molecular flexibility index (Phi) is 2.71. The Labute approximate surface area is 123 Å². The molecular formula is C17H18N2S. The van der Waals surface area contributed by atoms with E-state index in [4.69, 9.17) is 0 Å². The van der Waals surface area contributed by atoms with Gasteiger partial charge in [-0.15, -0.1) is 0 Å². The van der Waals surface area contributed by atoms with Gasteiger partial charge in [0.05, 0.1) is 17.9 Å². The minimum Gasteiger partial charge on any atom is -0.366 e. The zero-order chi connectivity index (χ0) is 13.6. The third kappa shape index (κ3) is 1.88. The summed E-state index contributed by atoms with van der Waals surface area (Å²) in [7, 11) is 0. The Morgan fingerprint density at radius 1 is 1.30 bits per heavy atom. The number of fused-ring (bicyclic) bond motifs is 1. The van der Waals surface area contributed by atoms with Gasteiger partial charge in [-0.05, 0) is 65.3 Å². The fourth-order valence-electron chi connectivity index (χ4n) is 3.58. The lowest BCUT2D eigenvalue weighted by Crippen LogP contribution is -2.49. The number of thiophene rings is 1. The quantitative estimate of drug-likeness (QED) is 0.848. The molecule has 20 heavy (non-hydrogen) atoms. The van der Waals surface area contributed by atoms with Crippen molar-refractivity contribution in [1.29, 1.82) is 0 Å². The van der Waals surface area contributed by atoms with Crippen molar-refractivity contribution in [2.75, 3.05) is 6.54 Å². The van der Waals surface area contributed by atoms with E-state index in [1.807, 2.05) is 0 Å². The Morgan fingerprint density at radius 2 is 2.25 bits per heavy atom. The summed E-state index contributed by atoms with van der Waals surface area (Å²) in [5, 5.41) is 8.03. The van der Waals surface area contributed by atoms with Gasteiger partial charge in [0.25, 0.3) is 0 Å². The molecule has 2 heterocycles. The predicted octanol–water partition coefficient (Wildman–Crippen LogP) is 3.66. The topological polar surface area (TPSA) is 24.4 Å². The summed E-state index contributed by atoms with van der Waals surface area (Å²) in [6.07, 6.45) is 3.43. The van der Waals surface area contributed by atoms with Gasteiger partial charge in [0.15, 0.2) is 0 Å². The highest BCUT2D eigenvalue weighted by molar-refractivity contribution is 7.08. The van der Waals surface area contributed by atoms with Gasteiger partial charge >= 0.3 is 0 Å². The highest BCUT2D eigenvalue weighted by Gasteiger charge is 2.37. The van der Waals surface area contributed by atoms with Crippen LogP contribution in [0.15, 0.2) is 40.0 Å². The van der Waals surface area contributed by atoms with E-state index in [9.17, 15) is 0 Å². The van der Waals surface area contributed by atoms with Gasteiger partial charge in [0.1, 0.15) is 0 Å². The SMILES string of the molecule is CC1=NC[C@@]2(CCc3c(cccc3-c3ccsc3)C2)N1. The third-order valence-electron chi connectivity index (χ3n) is 4.55. The minimum absolute atomic E-state index is 0.185. The summed E-state index contributed by atoms with van der Waals surface area (Å²) >= 11 is 1.77. The molecule has 2 nitrogen and oxygen atoms in total. The van der Waals surface area contributed by atoms with Crippen LogP contribution in [0, 0.1) is 0 Å². The van der Waals surface area contributed by atoms with Crippen molar-refractivity contribution < 1.29 is 0 Å². The molecule has 102 valence electrons. The number of benzene rings is 1. The molecule has 0 unspecified atom stereocenters. The Hall–Kier alpha value is -1.61. The first kappa shape index (κ1) is 12.2. The number of hydrogen-bond donors (Lipinski definition) is 1. The van der Waals surface area contributed by atoms with Crippen molar-refractivity contribution in [2.24, 2.45) is 4.99 Å². The van der Waals surface area contributed by atoms with Crippen LogP contribution in [0.2, 0.25) is 0 Å². The lowest BCUT2D eigenvalue weighted by molar-refractivity contribution is 0.362. The Morgan fingerprint density at radius 3 is 3.00 bits per heavy atom. The van der Waals surface area contributed by atoms with Crippen molar-refractivity contribution in [3.05, 3.63) is 46.2 Å². The smallest absolute Gasteiger partial charge is 0.0937 e. The van der Waals surface area contributed by atoms with Crippen molar-refractivity contribution in [3.63, 3.8) is 0 Å². The molecule has 4 rings (SSSR count). The second-order valence-electron chi connectivity index (χ2n) is 5.94. The molecule has 0 bridgehead atoms. The fraction of sp³-hybridized carbons (Fsp3) is 0.353. The van der Waals surface area contributed by atoms with Crippen LogP contribution in [-0.2, 0) is 12.8 Å². The molecule has 1 aliphatic carbocycles. The van der Waals surface area contributed by atoms with E-state index in [0.717, 1.165) is 25.2 Å². The normalized spacial score (nSPS) is 24.4. The highest BCUT2D eigenvalue weighted by atomic mass is 32.1. The predicted molar refractivity (Wildman–Crippen MR) is 85.6 cm³/mol. The molecule has 2 aliphatic rings. The summed E-state index contributed by atoms with van der Waals surface area (Å²) in [5.41, 5.74) is 6.02. The summed E-state index contributed by atoms with van der Waals surface area (Å²) < 4.78 is 0. The van der Waals surface area contributed by atoms with E-state index < -0.39 is 0 Å². The lowest BCUT2D eigenvalue weighted by atomic mass is 9.76. The molecule has 0 saturated carbocycles. The molecule has 3 heteroatoms. The Bertz CT molecular complexity index is 672. The summed E-state index contributed by atoms with van der Waals surface area (Å²) in [4.78, 5) is 4.57. The van der Waals surface area contributed by atoms with Crippen LogP contribution in [0.4, 0.5) is 0 Å². The maximum atomic E-state index is 4.57. The van der Waals surface area contributed by atoms with Crippen LogP contribution < -0.4 is 5.32 Å². The zero-order valence-corrected chi connectivity index (χ0v) is 12.5. The van der Waals surface area contributed by atoms with Crippen LogP contribution in [-0.4, -0.2) is 17.9 Å². The van der Waals surface area contributed by atoms with Crippen LogP contribution in [0.25, 0.3) is 11.1 Å². The summed E-state index contributed by atoms with van der Waals surface area (Å²) in [6, 6.07) is 8.99. The number of hydrogen-bond acceptors (Lipinski definition) is 3. The maximum Gasteiger partial charge on any atom is 0.0937 e. The molecule has 1 aliphatic heterocycles. The maximum absolute atomic E-state index is 4.57. The lowest BCUT2D eigenvalue weighted by Gasteiger charge is -2.35. The van der Waals surface area contributed by atoms with Gasteiger partial charge in [-0.1, -0.05) is 18.2 Å². The van der Waals surface area contributed by atoms with Crippen molar-refractivity contribution >= 4 is 17.2 Å². The summed E-state index contributed by atoms with van der Waals surface area (Å²) in [6.45, 7) is 3.01. The van der Waals surface area contributed by atoms with Crippen LogP contribution in [0.1, 0.15) is 24.5 Å². The fourth-order valence-corrected chi connectivity index (χ4v) is 4.23. The highest BCUT2D eigenvalue weighted by Crippen LogP contribution is 2.37. The van der Waals surface area contributed by atoms with Gasteiger partial charge < -0.3 is 5.32 Å². The second-order valence-corrected chi connectivity index (χ2v) is 6.72.